The lowest BCUT2D eigenvalue weighted by Gasteiger charge is -2.20. The lowest BCUT2D eigenvalue weighted by atomic mass is 10.2. The zero-order valence-corrected chi connectivity index (χ0v) is 11.5. The third kappa shape index (κ3) is 7.49. The summed E-state index contributed by atoms with van der Waals surface area (Å²) in [6, 6.07) is -0.415. The fourth-order valence-electron chi connectivity index (χ4n) is 1.37. The quantitative estimate of drug-likeness (QED) is 0.612. The van der Waals surface area contributed by atoms with Gasteiger partial charge in [0.05, 0.1) is 32.0 Å². The molecule has 0 aliphatic heterocycles. The van der Waals surface area contributed by atoms with Crippen molar-refractivity contribution in [3.05, 3.63) is 0 Å². The summed E-state index contributed by atoms with van der Waals surface area (Å²) in [6.45, 7) is 5.26. The van der Waals surface area contributed by atoms with Crippen LogP contribution >= 0.6 is 7.60 Å². The Labute approximate surface area is 102 Å². The van der Waals surface area contributed by atoms with E-state index in [-0.39, 0.29) is 18.7 Å². The van der Waals surface area contributed by atoms with Crippen molar-refractivity contribution in [2.45, 2.75) is 33.2 Å². The second-order valence-corrected chi connectivity index (χ2v) is 5.72. The number of amides is 1. The first-order chi connectivity index (χ1) is 7.97. The average Bonchev–Trinajstić information content (AvgIpc) is 2.24. The molecule has 1 amide bonds. The molecule has 7 heteroatoms. The predicted molar refractivity (Wildman–Crippen MR) is 65.0 cm³/mol. The van der Waals surface area contributed by atoms with E-state index in [0.717, 1.165) is 0 Å². The number of carbonyl (C=O) groups excluding carboxylic acids is 1. The first-order valence-corrected chi connectivity index (χ1v) is 7.46. The van der Waals surface area contributed by atoms with Gasteiger partial charge in [-0.05, 0) is 20.3 Å². The Hall–Kier alpha value is -0.420. The molecule has 0 aliphatic carbocycles. The third-order valence-corrected chi connectivity index (χ3v) is 4.14. The molecule has 0 saturated heterocycles. The monoisotopic (exact) mass is 267 g/mol. The van der Waals surface area contributed by atoms with Gasteiger partial charge < -0.3 is 19.5 Å². The average molecular weight is 267 g/mol. The van der Waals surface area contributed by atoms with Crippen molar-refractivity contribution in [2.75, 3.05) is 26.0 Å². The van der Waals surface area contributed by atoms with Crippen LogP contribution in [0.3, 0.4) is 0 Å². The Bertz CT molecular complexity index is 261. The van der Waals surface area contributed by atoms with Crippen molar-refractivity contribution < 1.29 is 23.5 Å². The topological polar surface area (TPSA) is 84.9 Å². The summed E-state index contributed by atoms with van der Waals surface area (Å²) in [6.07, 6.45) is 0.535. The van der Waals surface area contributed by atoms with Crippen LogP contribution in [0.15, 0.2) is 0 Å². The van der Waals surface area contributed by atoms with E-state index in [4.69, 9.17) is 14.2 Å². The van der Waals surface area contributed by atoms with E-state index in [1.807, 2.05) is 0 Å². The molecule has 0 aromatic rings. The fourth-order valence-corrected chi connectivity index (χ4v) is 3.12. The van der Waals surface area contributed by atoms with Gasteiger partial charge in [0.15, 0.2) is 0 Å². The summed E-state index contributed by atoms with van der Waals surface area (Å²) < 4.78 is 22.3. The highest BCUT2D eigenvalue weighted by atomic mass is 31.2. The molecule has 0 spiro atoms. The fraction of sp³-hybridized carbons (Fsp3) is 0.900. The lowest BCUT2D eigenvalue weighted by Crippen LogP contribution is -2.36. The van der Waals surface area contributed by atoms with E-state index in [0.29, 0.717) is 19.6 Å². The molecule has 0 aromatic heterocycles. The maximum Gasteiger partial charge on any atom is 0.330 e. The summed E-state index contributed by atoms with van der Waals surface area (Å²) >= 11 is 0. The summed E-state index contributed by atoms with van der Waals surface area (Å²) in [4.78, 5) is 10.8. The molecule has 0 heterocycles. The molecular weight excluding hydrogens is 245 g/mol. The Balaban J connectivity index is 4.26. The maximum atomic E-state index is 12.1. The first-order valence-electron chi connectivity index (χ1n) is 5.73. The van der Waals surface area contributed by atoms with Crippen LogP contribution < -0.4 is 5.32 Å². The molecule has 0 radical (unpaired) electrons. The number of rotatable bonds is 9. The van der Waals surface area contributed by atoms with E-state index >= 15 is 0 Å². The number of carbonyl (C=O) groups is 1. The standard InChI is InChI=1S/C10H22NO5P/c1-4-15-17(14,16-5-2)7-6-10(8-12)11-9(3)13/h10,12H,4-8H2,1-3H3,(H,11,13). The van der Waals surface area contributed by atoms with Crippen LogP contribution in [0.2, 0.25) is 0 Å². The summed E-state index contributed by atoms with van der Waals surface area (Å²) in [7, 11) is -3.09. The lowest BCUT2D eigenvalue weighted by molar-refractivity contribution is -0.120. The Kier molecular flexibility index (Phi) is 8.43. The van der Waals surface area contributed by atoms with Gasteiger partial charge in [-0.15, -0.1) is 0 Å². The van der Waals surface area contributed by atoms with Gasteiger partial charge in [-0.3, -0.25) is 9.36 Å². The van der Waals surface area contributed by atoms with Crippen molar-refractivity contribution in [1.29, 1.82) is 0 Å². The van der Waals surface area contributed by atoms with Crippen molar-refractivity contribution in [1.82, 2.24) is 5.32 Å². The van der Waals surface area contributed by atoms with E-state index in [1.54, 1.807) is 13.8 Å². The molecular formula is C10H22NO5P. The van der Waals surface area contributed by atoms with Crippen LogP contribution in [-0.4, -0.2) is 43.0 Å². The molecule has 0 fully saturated rings. The van der Waals surface area contributed by atoms with Crippen LogP contribution in [0.4, 0.5) is 0 Å². The van der Waals surface area contributed by atoms with E-state index in [2.05, 4.69) is 5.32 Å². The Morgan fingerprint density at radius 2 is 1.88 bits per heavy atom. The largest absolute Gasteiger partial charge is 0.394 e. The van der Waals surface area contributed by atoms with Gasteiger partial charge in [0.25, 0.3) is 0 Å². The van der Waals surface area contributed by atoms with E-state index in [9.17, 15) is 9.36 Å². The molecule has 0 aliphatic rings. The van der Waals surface area contributed by atoms with Crippen LogP contribution in [0.1, 0.15) is 27.2 Å². The van der Waals surface area contributed by atoms with Crippen LogP contribution in [0, 0.1) is 0 Å². The van der Waals surface area contributed by atoms with Gasteiger partial charge in [0, 0.05) is 6.92 Å². The van der Waals surface area contributed by atoms with Crippen molar-refractivity contribution in [3.8, 4) is 0 Å². The molecule has 17 heavy (non-hydrogen) atoms. The van der Waals surface area contributed by atoms with E-state index in [1.165, 1.54) is 6.92 Å². The van der Waals surface area contributed by atoms with Crippen LogP contribution in [-0.2, 0) is 18.4 Å². The molecule has 1 atom stereocenters. The molecule has 0 rings (SSSR count). The number of aliphatic hydroxyl groups is 1. The van der Waals surface area contributed by atoms with Gasteiger partial charge in [0.2, 0.25) is 5.91 Å². The Morgan fingerprint density at radius 3 is 2.24 bits per heavy atom. The highest BCUT2D eigenvalue weighted by Gasteiger charge is 2.25. The minimum Gasteiger partial charge on any atom is -0.394 e. The molecule has 1 unspecified atom stereocenters. The van der Waals surface area contributed by atoms with Gasteiger partial charge in [-0.2, -0.15) is 0 Å². The molecule has 102 valence electrons. The number of hydrogen-bond donors (Lipinski definition) is 2. The predicted octanol–water partition coefficient (Wildman–Crippen LogP) is 1.14. The summed E-state index contributed by atoms with van der Waals surface area (Å²) in [5.41, 5.74) is 0. The zero-order valence-electron chi connectivity index (χ0n) is 10.6. The first kappa shape index (κ1) is 16.6. The minimum atomic E-state index is -3.09. The van der Waals surface area contributed by atoms with Crippen LogP contribution in [0.25, 0.3) is 0 Å². The van der Waals surface area contributed by atoms with Gasteiger partial charge >= 0.3 is 7.60 Å². The van der Waals surface area contributed by atoms with E-state index < -0.39 is 13.6 Å². The van der Waals surface area contributed by atoms with Crippen molar-refractivity contribution in [3.63, 3.8) is 0 Å². The van der Waals surface area contributed by atoms with Gasteiger partial charge in [-0.25, -0.2) is 0 Å². The molecule has 2 N–H and O–H groups in total. The molecule has 0 bridgehead atoms. The second kappa shape index (κ2) is 8.64. The number of hydrogen-bond acceptors (Lipinski definition) is 5. The minimum absolute atomic E-state index is 0.181. The van der Waals surface area contributed by atoms with Gasteiger partial charge in [-0.1, -0.05) is 0 Å². The van der Waals surface area contributed by atoms with Crippen LogP contribution in [0.5, 0.6) is 0 Å². The molecule has 0 aromatic carbocycles. The summed E-state index contributed by atoms with van der Waals surface area (Å²) in [5, 5.41) is 11.6. The maximum absolute atomic E-state index is 12.1. The molecule has 0 saturated carbocycles. The third-order valence-electron chi connectivity index (χ3n) is 2.03. The second-order valence-electron chi connectivity index (χ2n) is 3.54. The molecule has 6 nitrogen and oxygen atoms in total. The van der Waals surface area contributed by atoms with Crippen molar-refractivity contribution >= 4 is 13.5 Å². The number of nitrogens with one attached hydrogen (secondary N) is 1. The smallest absolute Gasteiger partial charge is 0.330 e. The number of aliphatic hydroxyl groups excluding tert-OH is 1. The normalized spacial score (nSPS) is 13.4. The Morgan fingerprint density at radius 1 is 1.35 bits per heavy atom. The van der Waals surface area contributed by atoms with Gasteiger partial charge in [0.1, 0.15) is 0 Å². The summed E-state index contributed by atoms with van der Waals surface area (Å²) in [5.74, 6) is -0.230. The highest BCUT2D eigenvalue weighted by molar-refractivity contribution is 7.53. The SMILES string of the molecule is CCOP(=O)(CCC(CO)NC(C)=O)OCC. The highest BCUT2D eigenvalue weighted by Crippen LogP contribution is 2.48. The zero-order chi connectivity index (χ0) is 13.3. The van der Waals surface area contributed by atoms with Crippen molar-refractivity contribution in [2.24, 2.45) is 0 Å².